The zero-order valence-corrected chi connectivity index (χ0v) is 22.7. The highest BCUT2D eigenvalue weighted by Crippen LogP contribution is 2.18. The van der Waals surface area contributed by atoms with Gasteiger partial charge in [-0.25, -0.2) is 0 Å². The molecule has 5 heteroatoms. The quantitative estimate of drug-likeness (QED) is 0.104. The second kappa shape index (κ2) is 20.3. The van der Waals surface area contributed by atoms with Crippen molar-refractivity contribution >= 4 is 11.9 Å². The Hall–Kier alpha value is -1.10. The van der Waals surface area contributed by atoms with Gasteiger partial charge >= 0.3 is 5.97 Å². The minimum atomic E-state index is -1.17. The van der Waals surface area contributed by atoms with Crippen LogP contribution < -0.4 is 5.11 Å². The highest BCUT2D eigenvalue weighted by atomic mass is 16.5. The first-order valence-corrected chi connectivity index (χ1v) is 13.8. The Bertz CT molecular complexity index is 487. The fraction of sp³-hybridized carbons (Fsp3) is 0.929. The first-order valence-electron chi connectivity index (χ1n) is 13.8. The lowest BCUT2D eigenvalue weighted by Crippen LogP contribution is -2.45. The lowest BCUT2D eigenvalue weighted by Gasteiger charge is -2.29. The van der Waals surface area contributed by atoms with E-state index in [1.807, 2.05) is 21.1 Å². The van der Waals surface area contributed by atoms with Crippen LogP contribution in [0.5, 0.6) is 0 Å². The normalized spacial score (nSPS) is 13.6. The van der Waals surface area contributed by atoms with Crippen LogP contribution in [-0.2, 0) is 14.3 Å². The molecule has 2 atom stereocenters. The molecule has 0 bridgehead atoms. The molecule has 0 fully saturated rings. The minimum Gasteiger partial charge on any atom is -0.550 e. The molecule has 0 saturated heterocycles. The molecular formula is C28H55NO4. The third kappa shape index (κ3) is 23.8. The van der Waals surface area contributed by atoms with Gasteiger partial charge in [0.15, 0.2) is 6.10 Å². The van der Waals surface area contributed by atoms with Gasteiger partial charge in [0.1, 0.15) is 6.54 Å². The summed E-state index contributed by atoms with van der Waals surface area (Å²) in [5.41, 5.74) is 0. The average molecular weight is 470 g/mol. The molecule has 0 N–H and O–H groups in total. The van der Waals surface area contributed by atoms with Gasteiger partial charge in [0.2, 0.25) is 0 Å². The number of carbonyl (C=O) groups excluding carboxylic acids is 2. The van der Waals surface area contributed by atoms with Crippen molar-refractivity contribution in [2.75, 3.05) is 27.7 Å². The molecule has 0 amide bonds. The second-order valence-corrected chi connectivity index (χ2v) is 11.2. The maximum Gasteiger partial charge on any atom is 0.306 e. The summed E-state index contributed by atoms with van der Waals surface area (Å²) in [5, 5.41) is 10.9. The third-order valence-corrected chi connectivity index (χ3v) is 6.32. The van der Waals surface area contributed by atoms with Crippen LogP contribution in [-0.4, -0.2) is 50.2 Å². The van der Waals surface area contributed by atoms with Gasteiger partial charge in [0.05, 0.1) is 21.1 Å². The highest BCUT2D eigenvalue weighted by molar-refractivity contribution is 5.70. The number of carbonyl (C=O) groups is 2. The molecule has 0 rings (SSSR count). The smallest absolute Gasteiger partial charge is 0.306 e. The first-order chi connectivity index (χ1) is 15.6. The summed E-state index contributed by atoms with van der Waals surface area (Å²) < 4.78 is 5.96. The van der Waals surface area contributed by atoms with E-state index >= 15 is 0 Å². The number of nitrogens with zero attached hydrogens (tertiary/aromatic N) is 1. The lowest BCUT2D eigenvalue weighted by atomic mass is 9.96. The average Bonchev–Trinajstić information content (AvgIpc) is 2.70. The van der Waals surface area contributed by atoms with Gasteiger partial charge < -0.3 is 19.1 Å². The summed E-state index contributed by atoms with van der Waals surface area (Å²) in [6.07, 6.45) is 20.4. The van der Waals surface area contributed by atoms with E-state index in [4.69, 9.17) is 4.74 Å². The number of likely N-dealkylation sites (N-methyl/N-ethyl adjacent to an activating group) is 1. The van der Waals surface area contributed by atoms with Crippen LogP contribution in [0.2, 0.25) is 0 Å². The molecule has 0 aliphatic heterocycles. The predicted octanol–water partition coefficient (Wildman–Crippen LogP) is 6.03. The van der Waals surface area contributed by atoms with Crippen molar-refractivity contribution < 1.29 is 23.9 Å². The monoisotopic (exact) mass is 469 g/mol. The number of carboxylic acid groups (broad SMARTS) is 1. The number of esters is 1. The number of carboxylic acids is 1. The fourth-order valence-electron chi connectivity index (χ4n) is 4.43. The van der Waals surface area contributed by atoms with Gasteiger partial charge in [-0.15, -0.1) is 0 Å². The van der Waals surface area contributed by atoms with Crippen LogP contribution in [0.4, 0.5) is 0 Å². The Morgan fingerprint density at radius 3 is 1.67 bits per heavy atom. The van der Waals surface area contributed by atoms with Crippen molar-refractivity contribution in [2.24, 2.45) is 5.92 Å². The molecule has 0 radical (unpaired) electrons. The highest BCUT2D eigenvalue weighted by Gasteiger charge is 2.22. The summed E-state index contributed by atoms with van der Waals surface area (Å²) >= 11 is 0. The summed E-state index contributed by atoms with van der Waals surface area (Å²) in [4.78, 5) is 23.0. The molecule has 0 aromatic heterocycles. The van der Waals surface area contributed by atoms with E-state index in [1.54, 1.807) is 0 Å². The van der Waals surface area contributed by atoms with Gasteiger partial charge in [0, 0.05) is 18.8 Å². The SMILES string of the molecule is CCCCCCCCCCCCCCC(C)CCCCC(=O)OC(CC(=O)[O-])C[N+](C)(C)C. The molecule has 0 spiro atoms. The summed E-state index contributed by atoms with van der Waals surface area (Å²) in [5.74, 6) is -0.760. The van der Waals surface area contributed by atoms with Gasteiger partial charge in [-0.3, -0.25) is 4.79 Å². The maximum atomic E-state index is 12.1. The Morgan fingerprint density at radius 2 is 1.21 bits per heavy atom. The van der Waals surface area contributed by atoms with Crippen molar-refractivity contribution in [2.45, 2.75) is 136 Å². The van der Waals surface area contributed by atoms with E-state index in [0.717, 1.165) is 19.3 Å². The van der Waals surface area contributed by atoms with Crippen molar-refractivity contribution in [1.29, 1.82) is 0 Å². The molecular weight excluding hydrogens is 414 g/mol. The van der Waals surface area contributed by atoms with Crippen LogP contribution in [0.25, 0.3) is 0 Å². The molecule has 196 valence electrons. The topological polar surface area (TPSA) is 66.4 Å². The number of quaternary nitrogens is 1. The largest absolute Gasteiger partial charge is 0.550 e. The van der Waals surface area contributed by atoms with E-state index < -0.39 is 12.1 Å². The molecule has 0 aliphatic carbocycles. The lowest BCUT2D eigenvalue weighted by molar-refractivity contribution is -0.873. The van der Waals surface area contributed by atoms with E-state index in [9.17, 15) is 14.7 Å². The van der Waals surface area contributed by atoms with E-state index in [1.165, 1.54) is 83.5 Å². The van der Waals surface area contributed by atoms with Crippen molar-refractivity contribution in [3.8, 4) is 0 Å². The van der Waals surface area contributed by atoms with Crippen molar-refractivity contribution in [3.63, 3.8) is 0 Å². The van der Waals surface area contributed by atoms with Crippen LogP contribution in [0.1, 0.15) is 129 Å². The third-order valence-electron chi connectivity index (χ3n) is 6.32. The number of rotatable bonds is 23. The number of ether oxygens (including phenoxy) is 1. The van der Waals surface area contributed by atoms with E-state index in [-0.39, 0.29) is 12.4 Å². The Balaban J connectivity index is 3.66. The molecule has 5 nitrogen and oxygen atoms in total. The van der Waals surface area contributed by atoms with E-state index in [0.29, 0.717) is 23.4 Å². The van der Waals surface area contributed by atoms with Crippen LogP contribution >= 0.6 is 0 Å². The molecule has 0 aliphatic rings. The van der Waals surface area contributed by atoms with Crippen molar-refractivity contribution in [3.05, 3.63) is 0 Å². The van der Waals surface area contributed by atoms with Gasteiger partial charge in [-0.1, -0.05) is 110 Å². The fourth-order valence-corrected chi connectivity index (χ4v) is 4.43. The van der Waals surface area contributed by atoms with Crippen LogP contribution in [0.15, 0.2) is 0 Å². The number of unbranched alkanes of at least 4 members (excludes halogenated alkanes) is 12. The summed E-state index contributed by atoms with van der Waals surface area (Å²) in [6.45, 7) is 5.05. The summed E-state index contributed by atoms with van der Waals surface area (Å²) in [7, 11) is 5.86. The first kappa shape index (κ1) is 31.9. The Labute approximate surface area is 205 Å². The zero-order valence-electron chi connectivity index (χ0n) is 22.7. The number of hydrogen-bond donors (Lipinski definition) is 0. The van der Waals surface area contributed by atoms with Gasteiger partial charge in [-0.05, 0) is 12.3 Å². The predicted molar refractivity (Wildman–Crippen MR) is 136 cm³/mol. The van der Waals surface area contributed by atoms with Crippen LogP contribution in [0.3, 0.4) is 0 Å². The molecule has 2 unspecified atom stereocenters. The zero-order chi connectivity index (χ0) is 25.0. The Kier molecular flexibility index (Phi) is 19.6. The molecule has 0 aromatic carbocycles. The summed E-state index contributed by atoms with van der Waals surface area (Å²) in [6, 6.07) is 0. The molecule has 0 aromatic rings. The number of aliphatic carboxylic acids is 1. The van der Waals surface area contributed by atoms with Crippen LogP contribution in [0, 0.1) is 5.92 Å². The van der Waals surface area contributed by atoms with E-state index in [2.05, 4.69) is 13.8 Å². The molecule has 0 heterocycles. The Morgan fingerprint density at radius 1 is 0.758 bits per heavy atom. The van der Waals surface area contributed by atoms with Crippen molar-refractivity contribution in [1.82, 2.24) is 0 Å². The minimum absolute atomic E-state index is 0.239. The second-order valence-electron chi connectivity index (χ2n) is 11.2. The van der Waals surface area contributed by atoms with Gasteiger partial charge in [0.25, 0.3) is 0 Å². The standard InChI is InChI=1S/C28H55NO4/c1-6-7-8-9-10-11-12-13-14-15-16-17-20-25(2)21-18-19-22-28(32)33-26(23-27(30)31)24-29(3,4)5/h25-26H,6-24H2,1-5H3. The van der Waals surface area contributed by atoms with Gasteiger partial charge in [-0.2, -0.15) is 0 Å². The maximum absolute atomic E-state index is 12.1. The molecule has 0 saturated carbocycles. The number of hydrogen-bond acceptors (Lipinski definition) is 4. The molecule has 33 heavy (non-hydrogen) atoms.